The van der Waals surface area contributed by atoms with Crippen LogP contribution in [0.4, 0.5) is 14.9 Å². The molecule has 5 heteroatoms. The highest BCUT2D eigenvalue weighted by Gasteiger charge is 2.15. The third kappa shape index (κ3) is 4.87. The summed E-state index contributed by atoms with van der Waals surface area (Å²) in [7, 11) is 0. The van der Waals surface area contributed by atoms with Crippen LogP contribution >= 0.6 is 0 Å². The zero-order chi connectivity index (χ0) is 14.4. The molecule has 1 atom stereocenters. The second-order valence-electron chi connectivity index (χ2n) is 4.92. The molecule has 0 aliphatic heterocycles. The molecule has 1 aromatic carbocycles. The lowest BCUT2D eigenvalue weighted by atomic mass is 10.0. The van der Waals surface area contributed by atoms with Gasteiger partial charge in [0.15, 0.2) is 0 Å². The Morgan fingerprint density at radius 2 is 2.11 bits per heavy atom. The fourth-order valence-corrected chi connectivity index (χ4v) is 1.81. The molecule has 0 spiro atoms. The third-order valence-electron chi connectivity index (χ3n) is 3.00. The van der Waals surface area contributed by atoms with Gasteiger partial charge in [-0.05, 0) is 43.0 Å². The van der Waals surface area contributed by atoms with Crippen LogP contribution < -0.4 is 10.6 Å². The Morgan fingerprint density at radius 1 is 1.42 bits per heavy atom. The smallest absolute Gasteiger partial charge is 0.319 e. The van der Waals surface area contributed by atoms with E-state index in [1.165, 1.54) is 18.2 Å². The van der Waals surface area contributed by atoms with Gasteiger partial charge in [0.05, 0.1) is 0 Å². The van der Waals surface area contributed by atoms with Gasteiger partial charge in [-0.25, -0.2) is 9.18 Å². The molecule has 3 N–H and O–H groups in total. The number of nitrogens with one attached hydrogen (secondary N) is 2. The van der Waals surface area contributed by atoms with Gasteiger partial charge in [0, 0.05) is 18.3 Å². The topological polar surface area (TPSA) is 61.4 Å². The fraction of sp³-hybridized carbons (Fsp3) is 0.500. The predicted molar refractivity (Wildman–Crippen MR) is 73.6 cm³/mol. The van der Waals surface area contributed by atoms with E-state index in [1.807, 2.05) is 13.8 Å². The van der Waals surface area contributed by atoms with E-state index in [-0.39, 0.29) is 30.4 Å². The monoisotopic (exact) mass is 268 g/mol. The molecule has 0 aliphatic carbocycles. The van der Waals surface area contributed by atoms with Gasteiger partial charge in [0.1, 0.15) is 5.82 Å². The first-order chi connectivity index (χ1) is 8.93. The minimum Gasteiger partial charge on any atom is -0.396 e. The van der Waals surface area contributed by atoms with Crippen molar-refractivity contribution in [3.05, 3.63) is 29.6 Å². The van der Waals surface area contributed by atoms with E-state index in [2.05, 4.69) is 10.6 Å². The van der Waals surface area contributed by atoms with Crippen LogP contribution in [0, 0.1) is 18.7 Å². The Balaban J connectivity index is 2.63. The molecule has 4 nitrogen and oxygen atoms in total. The van der Waals surface area contributed by atoms with Crippen molar-refractivity contribution in [2.75, 3.05) is 11.9 Å². The molecule has 0 radical (unpaired) electrons. The van der Waals surface area contributed by atoms with E-state index in [9.17, 15) is 9.18 Å². The number of aliphatic hydroxyl groups excluding tert-OH is 1. The first-order valence-corrected chi connectivity index (χ1v) is 6.38. The number of benzene rings is 1. The van der Waals surface area contributed by atoms with Crippen molar-refractivity contribution in [3.8, 4) is 0 Å². The molecule has 0 bridgehead atoms. The molecular weight excluding hydrogens is 247 g/mol. The van der Waals surface area contributed by atoms with Crippen LogP contribution in [0.15, 0.2) is 18.2 Å². The molecule has 19 heavy (non-hydrogen) atoms. The van der Waals surface area contributed by atoms with Gasteiger partial charge in [-0.2, -0.15) is 0 Å². The van der Waals surface area contributed by atoms with Crippen LogP contribution in [-0.2, 0) is 0 Å². The average Bonchev–Trinajstić information content (AvgIpc) is 2.32. The van der Waals surface area contributed by atoms with Crippen molar-refractivity contribution in [3.63, 3.8) is 0 Å². The maximum Gasteiger partial charge on any atom is 0.319 e. The van der Waals surface area contributed by atoms with Gasteiger partial charge in [-0.15, -0.1) is 0 Å². The van der Waals surface area contributed by atoms with Crippen LogP contribution in [0.25, 0.3) is 0 Å². The quantitative estimate of drug-likeness (QED) is 0.769. The lowest BCUT2D eigenvalue weighted by Gasteiger charge is -2.22. The summed E-state index contributed by atoms with van der Waals surface area (Å²) in [6, 6.07) is 3.76. The molecule has 0 saturated carbocycles. The van der Waals surface area contributed by atoms with Crippen LogP contribution in [0.5, 0.6) is 0 Å². The van der Waals surface area contributed by atoms with Crippen LogP contribution in [0.1, 0.15) is 25.8 Å². The van der Waals surface area contributed by atoms with Gasteiger partial charge in [-0.1, -0.05) is 13.8 Å². The molecule has 0 fully saturated rings. The van der Waals surface area contributed by atoms with Crippen molar-refractivity contribution < 1.29 is 14.3 Å². The number of halogens is 1. The van der Waals surface area contributed by atoms with Gasteiger partial charge >= 0.3 is 6.03 Å². The molecule has 1 rings (SSSR count). The van der Waals surface area contributed by atoms with E-state index in [0.717, 1.165) is 0 Å². The highest BCUT2D eigenvalue weighted by atomic mass is 19.1. The highest BCUT2D eigenvalue weighted by Crippen LogP contribution is 2.15. The lowest BCUT2D eigenvalue weighted by molar-refractivity contribution is 0.227. The van der Waals surface area contributed by atoms with Gasteiger partial charge in [-0.3, -0.25) is 0 Å². The summed E-state index contributed by atoms with van der Waals surface area (Å²) >= 11 is 0. The van der Waals surface area contributed by atoms with E-state index in [1.54, 1.807) is 6.92 Å². The first-order valence-electron chi connectivity index (χ1n) is 6.38. The van der Waals surface area contributed by atoms with Crippen LogP contribution in [0.3, 0.4) is 0 Å². The molecule has 0 heterocycles. The first kappa shape index (κ1) is 15.4. The summed E-state index contributed by atoms with van der Waals surface area (Å²) in [6.07, 6.45) is 0.507. The molecule has 0 saturated heterocycles. The molecule has 2 amide bonds. The normalized spacial score (nSPS) is 12.3. The standard InChI is InChI=1S/C14H21FN2O2/c1-9(2)12(6-7-18)16-14(19)17-13-5-4-11(15)8-10(13)3/h4-5,8-9,12,18H,6-7H2,1-3H3,(H2,16,17,19). The largest absolute Gasteiger partial charge is 0.396 e. The highest BCUT2D eigenvalue weighted by molar-refractivity contribution is 5.90. The average molecular weight is 268 g/mol. The van der Waals surface area contributed by atoms with Gasteiger partial charge < -0.3 is 15.7 Å². The minimum atomic E-state index is -0.346. The van der Waals surface area contributed by atoms with E-state index < -0.39 is 0 Å². The van der Waals surface area contributed by atoms with Gasteiger partial charge in [0.25, 0.3) is 0 Å². The third-order valence-corrected chi connectivity index (χ3v) is 3.00. The van der Waals surface area contributed by atoms with Crippen molar-refractivity contribution in [1.82, 2.24) is 5.32 Å². The van der Waals surface area contributed by atoms with E-state index in [4.69, 9.17) is 5.11 Å². The van der Waals surface area contributed by atoms with E-state index >= 15 is 0 Å². The van der Waals surface area contributed by atoms with E-state index in [0.29, 0.717) is 17.7 Å². The fourth-order valence-electron chi connectivity index (χ4n) is 1.81. The number of aryl methyl sites for hydroxylation is 1. The maximum absolute atomic E-state index is 12.9. The summed E-state index contributed by atoms with van der Waals surface area (Å²) in [5, 5.41) is 14.4. The molecule has 0 aliphatic rings. The Bertz CT molecular complexity index is 435. The van der Waals surface area contributed by atoms with Crippen LogP contribution in [-0.4, -0.2) is 23.8 Å². The number of carbonyl (C=O) groups is 1. The molecule has 106 valence electrons. The second-order valence-corrected chi connectivity index (χ2v) is 4.92. The number of amides is 2. The lowest BCUT2D eigenvalue weighted by Crippen LogP contribution is -2.41. The van der Waals surface area contributed by atoms with Crippen molar-refractivity contribution in [2.45, 2.75) is 33.2 Å². The summed E-state index contributed by atoms with van der Waals surface area (Å²) in [4.78, 5) is 11.8. The number of rotatable bonds is 5. The number of aliphatic hydroxyl groups is 1. The van der Waals surface area contributed by atoms with Crippen molar-refractivity contribution in [2.24, 2.45) is 5.92 Å². The molecule has 1 aromatic rings. The molecular formula is C14H21FN2O2. The number of carbonyl (C=O) groups excluding carboxylic acids is 1. The predicted octanol–water partition coefficient (Wildman–Crippen LogP) is 2.66. The minimum absolute atomic E-state index is 0.0265. The van der Waals surface area contributed by atoms with Crippen molar-refractivity contribution in [1.29, 1.82) is 0 Å². The van der Waals surface area contributed by atoms with Crippen molar-refractivity contribution >= 4 is 11.7 Å². The Morgan fingerprint density at radius 3 is 2.63 bits per heavy atom. The summed E-state index contributed by atoms with van der Waals surface area (Å²) < 4.78 is 12.9. The van der Waals surface area contributed by atoms with Gasteiger partial charge in [0.2, 0.25) is 0 Å². The number of hydrogen-bond acceptors (Lipinski definition) is 2. The summed E-state index contributed by atoms with van der Waals surface area (Å²) in [5.74, 6) is -0.101. The summed E-state index contributed by atoms with van der Waals surface area (Å²) in [6.45, 7) is 5.71. The number of anilines is 1. The second kappa shape index (κ2) is 7.09. The SMILES string of the molecule is Cc1cc(F)ccc1NC(=O)NC(CCO)C(C)C. The maximum atomic E-state index is 12.9. The Labute approximate surface area is 113 Å². The number of hydrogen-bond donors (Lipinski definition) is 3. The zero-order valence-electron chi connectivity index (χ0n) is 11.5. The number of urea groups is 1. The van der Waals surface area contributed by atoms with Crippen LogP contribution in [0.2, 0.25) is 0 Å². The molecule has 0 aromatic heterocycles. The Hall–Kier alpha value is -1.62. The Kier molecular flexibility index (Phi) is 5.76. The summed E-state index contributed by atoms with van der Waals surface area (Å²) in [5.41, 5.74) is 1.24. The molecule has 1 unspecified atom stereocenters. The zero-order valence-corrected chi connectivity index (χ0v) is 11.5.